The van der Waals surface area contributed by atoms with Gasteiger partial charge in [0.05, 0.1) is 5.56 Å². The monoisotopic (exact) mass is 355 g/mol. The van der Waals surface area contributed by atoms with Gasteiger partial charge in [-0.05, 0) is 24.6 Å². The molecule has 0 radical (unpaired) electrons. The number of unbranched alkanes of at least 4 members (excludes halogenated alkanes) is 7. The zero-order chi connectivity index (χ0) is 15.5. The molecule has 0 aliphatic heterocycles. The van der Waals surface area contributed by atoms with E-state index in [-0.39, 0.29) is 0 Å². The van der Waals surface area contributed by atoms with Crippen molar-refractivity contribution >= 4 is 27.6 Å². The molecule has 21 heavy (non-hydrogen) atoms. The largest absolute Gasteiger partial charge is 0.478 e. The van der Waals surface area contributed by atoms with E-state index in [1.807, 2.05) is 12.1 Å². The molecule has 0 aliphatic rings. The SMILES string of the molecule is CCCCCCCCCCNc1ccc(Br)cc1C(=O)O. The molecule has 0 aliphatic carbocycles. The molecule has 1 rings (SSSR count). The first kappa shape index (κ1) is 18.0. The standard InChI is InChI=1S/C17H26BrNO2/c1-2-3-4-5-6-7-8-9-12-19-16-11-10-14(18)13-15(16)17(20)21/h10-11,13,19H,2-9,12H2,1H3,(H,20,21). The molecule has 1 aromatic rings. The van der Waals surface area contributed by atoms with Crippen LogP contribution in [0.5, 0.6) is 0 Å². The molecule has 118 valence electrons. The smallest absolute Gasteiger partial charge is 0.337 e. The van der Waals surface area contributed by atoms with Gasteiger partial charge < -0.3 is 10.4 Å². The third kappa shape index (κ3) is 7.51. The highest BCUT2D eigenvalue weighted by Crippen LogP contribution is 2.21. The van der Waals surface area contributed by atoms with Gasteiger partial charge in [-0.3, -0.25) is 0 Å². The first-order valence-corrected chi connectivity index (χ1v) is 8.71. The molecule has 0 atom stereocenters. The summed E-state index contributed by atoms with van der Waals surface area (Å²) < 4.78 is 0.789. The summed E-state index contributed by atoms with van der Waals surface area (Å²) in [6.45, 7) is 3.07. The number of hydrogen-bond acceptors (Lipinski definition) is 2. The Labute approximate surface area is 136 Å². The van der Waals surface area contributed by atoms with Crippen molar-refractivity contribution in [1.29, 1.82) is 0 Å². The number of rotatable bonds is 11. The van der Waals surface area contributed by atoms with E-state index in [0.29, 0.717) is 11.3 Å². The predicted octanol–water partition coefficient (Wildman–Crippen LogP) is 5.70. The zero-order valence-corrected chi connectivity index (χ0v) is 14.4. The summed E-state index contributed by atoms with van der Waals surface area (Å²) in [6.07, 6.45) is 10.2. The summed E-state index contributed by atoms with van der Waals surface area (Å²) in [4.78, 5) is 11.2. The number of benzene rings is 1. The van der Waals surface area contributed by atoms with Gasteiger partial charge in [0.2, 0.25) is 0 Å². The highest BCUT2D eigenvalue weighted by molar-refractivity contribution is 9.10. The maximum Gasteiger partial charge on any atom is 0.337 e. The summed E-state index contributed by atoms with van der Waals surface area (Å²) in [5, 5.41) is 12.4. The molecular weight excluding hydrogens is 330 g/mol. The molecule has 0 fully saturated rings. The Hall–Kier alpha value is -1.03. The number of halogens is 1. The maximum absolute atomic E-state index is 11.2. The van der Waals surface area contributed by atoms with E-state index in [9.17, 15) is 9.90 Å². The van der Waals surface area contributed by atoms with E-state index >= 15 is 0 Å². The quantitative estimate of drug-likeness (QED) is 0.500. The summed E-state index contributed by atoms with van der Waals surface area (Å²) in [5.41, 5.74) is 1.03. The minimum Gasteiger partial charge on any atom is -0.478 e. The van der Waals surface area contributed by atoms with Crippen molar-refractivity contribution in [3.05, 3.63) is 28.2 Å². The van der Waals surface area contributed by atoms with Crippen molar-refractivity contribution in [2.45, 2.75) is 58.3 Å². The van der Waals surface area contributed by atoms with Crippen LogP contribution >= 0.6 is 15.9 Å². The fourth-order valence-electron chi connectivity index (χ4n) is 2.33. The Bertz CT molecular complexity index is 435. The number of aromatic carboxylic acids is 1. The minimum atomic E-state index is -0.894. The van der Waals surface area contributed by atoms with Crippen molar-refractivity contribution < 1.29 is 9.90 Å². The van der Waals surface area contributed by atoms with E-state index in [1.54, 1.807) is 6.07 Å². The van der Waals surface area contributed by atoms with Crippen LogP contribution in [-0.4, -0.2) is 17.6 Å². The second kappa shape index (κ2) is 10.7. The molecule has 0 spiro atoms. The Kier molecular flexibility index (Phi) is 9.15. The van der Waals surface area contributed by atoms with Crippen molar-refractivity contribution in [2.24, 2.45) is 0 Å². The van der Waals surface area contributed by atoms with E-state index in [2.05, 4.69) is 28.2 Å². The first-order valence-electron chi connectivity index (χ1n) is 7.92. The predicted molar refractivity (Wildman–Crippen MR) is 92.2 cm³/mol. The van der Waals surface area contributed by atoms with Crippen LogP contribution < -0.4 is 5.32 Å². The van der Waals surface area contributed by atoms with Crippen LogP contribution in [0, 0.1) is 0 Å². The topological polar surface area (TPSA) is 49.3 Å². The molecule has 1 aromatic carbocycles. The molecule has 2 N–H and O–H groups in total. The average Bonchev–Trinajstić information content (AvgIpc) is 2.46. The second-order valence-corrected chi connectivity index (χ2v) is 6.31. The van der Waals surface area contributed by atoms with Gasteiger partial charge >= 0.3 is 5.97 Å². The third-order valence-corrected chi connectivity index (χ3v) is 4.05. The van der Waals surface area contributed by atoms with E-state index in [1.165, 1.54) is 44.9 Å². The van der Waals surface area contributed by atoms with Gasteiger partial charge in [0.1, 0.15) is 0 Å². The lowest BCUT2D eigenvalue weighted by Gasteiger charge is -2.10. The Balaban J connectivity index is 2.20. The first-order chi connectivity index (χ1) is 10.1. The van der Waals surface area contributed by atoms with Crippen LogP contribution in [0.3, 0.4) is 0 Å². The van der Waals surface area contributed by atoms with Crippen LogP contribution in [0.25, 0.3) is 0 Å². The normalized spacial score (nSPS) is 10.6. The minimum absolute atomic E-state index is 0.323. The van der Waals surface area contributed by atoms with Gasteiger partial charge in [-0.2, -0.15) is 0 Å². The number of anilines is 1. The zero-order valence-electron chi connectivity index (χ0n) is 12.8. The molecule has 0 bridgehead atoms. The summed E-state index contributed by atoms with van der Waals surface area (Å²) in [6, 6.07) is 5.32. The maximum atomic E-state index is 11.2. The molecule has 0 saturated heterocycles. The Morgan fingerprint density at radius 1 is 1.10 bits per heavy atom. The van der Waals surface area contributed by atoms with Gasteiger partial charge in [0.15, 0.2) is 0 Å². The molecule has 0 amide bonds. The van der Waals surface area contributed by atoms with Crippen LogP contribution in [0.1, 0.15) is 68.6 Å². The third-order valence-electron chi connectivity index (χ3n) is 3.56. The molecule has 0 heterocycles. The van der Waals surface area contributed by atoms with Gasteiger partial charge in [-0.25, -0.2) is 4.79 Å². The summed E-state index contributed by atoms with van der Waals surface area (Å²) in [5.74, 6) is -0.894. The van der Waals surface area contributed by atoms with Gasteiger partial charge in [0, 0.05) is 16.7 Å². The van der Waals surface area contributed by atoms with Crippen molar-refractivity contribution in [3.8, 4) is 0 Å². The van der Waals surface area contributed by atoms with E-state index < -0.39 is 5.97 Å². The number of carbonyl (C=O) groups is 1. The molecular formula is C17H26BrNO2. The molecule has 0 unspecified atom stereocenters. The van der Waals surface area contributed by atoms with E-state index in [0.717, 1.165) is 17.4 Å². The Morgan fingerprint density at radius 3 is 2.33 bits per heavy atom. The van der Waals surface area contributed by atoms with E-state index in [4.69, 9.17) is 0 Å². The van der Waals surface area contributed by atoms with Crippen molar-refractivity contribution in [2.75, 3.05) is 11.9 Å². The summed E-state index contributed by atoms with van der Waals surface area (Å²) >= 11 is 3.30. The van der Waals surface area contributed by atoms with Gasteiger partial charge in [-0.1, -0.05) is 67.8 Å². The number of carboxylic acid groups (broad SMARTS) is 1. The van der Waals surface area contributed by atoms with Gasteiger partial charge in [0.25, 0.3) is 0 Å². The second-order valence-electron chi connectivity index (χ2n) is 5.40. The lowest BCUT2D eigenvalue weighted by Crippen LogP contribution is -2.07. The lowest BCUT2D eigenvalue weighted by atomic mass is 10.1. The Morgan fingerprint density at radius 2 is 1.71 bits per heavy atom. The van der Waals surface area contributed by atoms with Crippen LogP contribution in [0.15, 0.2) is 22.7 Å². The highest BCUT2D eigenvalue weighted by Gasteiger charge is 2.09. The highest BCUT2D eigenvalue weighted by atomic mass is 79.9. The van der Waals surface area contributed by atoms with Crippen molar-refractivity contribution in [1.82, 2.24) is 0 Å². The fraction of sp³-hybridized carbons (Fsp3) is 0.588. The number of nitrogens with one attached hydrogen (secondary N) is 1. The molecule has 3 nitrogen and oxygen atoms in total. The van der Waals surface area contributed by atoms with Gasteiger partial charge in [-0.15, -0.1) is 0 Å². The molecule has 0 aromatic heterocycles. The summed E-state index contributed by atoms with van der Waals surface area (Å²) in [7, 11) is 0. The fourth-order valence-corrected chi connectivity index (χ4v) is 2.69. The molecule has 0 saturated carbocycles. The lowest BCUT2D eigenvalue weighted by molar-refractivity contribution is 0.0698. The van der Waals surface area contributed by atoms with Crippen LogP contribution in [-0.2, 0) is 0 Å². The average molecular weight is 356 g/mol. The van der Waals surface area contributed by atoms with Crippen LogP contribution in [0.2, 0.25) is 0 Å². The number of carboxylic acids is 1. The molecule has 4 heteroatoms. The number of hydrogen-bond donors (Lipinski definition) is 2. The van der Waals surface area contributed by atoms with Crippen LogP contribution in [0.4, 0.5) is 5.69 Å². The van der Waals surface area contributed by atoms with Crippen molar-refractivity contribution in [3.63, 3.8) is 0 Å².